The lowest BCUT2D eigenvalue weighted by Gasteiger charge is -2.33. The predicted octanol–water partition coefficient (Wildman–Crippen LogP) is 20.2. The number of anilines is 5. The minimum atomic E-state index is 0.226. The molecule has 1 aliphatic carbocycles. The highest BCUT2D eigenvalue weighted by atomic mass is 16.3. The fourth-order valence-electron chi connectivity index (χ4n) is 12.1. The molecule has 0 radical (unpaired) electrons. The number of allylic oxidation sites excluding steroid dienone is 3. The molecule has 13 rings (SSSR count). The van der Waals surface area contributed by atoms with Crippen LogP contribution in [-0.4, -0.2) is 5.11 Å². The number of fused-ring (bicyclic) bond motifs is 3. The summed E-state index contributed by atoms with van der Waals surface area (Å²) in [6, 6.07) is 69.9. The van der Waals surface area contributed by atoms with Gasteiger partial charge in [0.05, 0.1) is 22.7 Å². The summed E-state index contributed by atoms with van der Waals surface area (Å²) >= 11 is 0. The largest absolute Gasteiger partial charge is 0.505 e. The van der Waals surface area contributed by atoms with Crippen LogP contribution in [0.25, 0.3) is 87.6 Å². The van der Waals surface area contributed by atoms with Gasteiger partial charge in [-0.15, -0.1) is 0 Å². The molecule has 4 heteroatoms. The number of aromatic hydroxyl groups is 1. The Hall–Kier alpha value is -8.86. The standard InChI is InChI=1S/C71H58N2O2/c1-7-48-17-9-11-21-54(48)56-23-13-24-57-58-25-15-27-64(71(58)75-70(56)57)73(66-41-44(3)29-31-47(66)6)62-39-35-50-32-36-59-61(38-34-49-33-37-60(62)68(50)67(49)59)72(65-40-43(2)28-30-46(65)5)63-26-14-22-55(69(63)74)52-19-12-18-51(42-52)53-20-10-8-16-45(53)4/h8-28,30-42,44,74H,7,29H2,1-6H3. The Morgan fingerprint density at radius 2 is 1.08 bits per heavy atom. The third-order valence-electron chi connectivity index (χ3n) is 15.9. The molecule has 1 aliphatic rings. The molecule has 0 saturated carbocycles. The van der Waals surface area contributed by atoms with E-state index in [1.54, 1.807) is 0 Å². The molecule has 0 amide bonds. The zero-order valence-electron chi connectivity index (χ0n) is 43.4. The smallest absolute Gasteiger partial charge is 0.159 e. The van der Waals surface area contributed by atoms with Crippen molar-refractivity contribution in [3.8, 4) is 39.1 Å². The lowest BCUT2D eigenvalue weighted by Crippen LogP contribution is -2.20. The van der Waals surface area contributed by atoms with Crippen molar-refractivity contribution in [3.05, 3.63) is 240 Å². The zero-order chi connectivity index (χ0) is 51.1. The Bertz CT molecular complexity index is 4300. The first kappa shape index (κ1) is 46.0. The van der Waals surface area contributed by atoms with E-state index in [9.17, 15) is 5.11 Å². The van der Waals surface area contributed by atoms with Gasteiger partial charge in [0.1, 0.15) is 11.3 Å². The predicted molar refractivity (Wildman–Crippen MR) is 318 cm³/mol. The number of furan rings is 1. The summed E-state index contributed by atoms with van der Waals surface area (Å²) in [5, 5.41) is 21.9. The molecule has 1 unspecified atom stereocenters. The summed E-state index contributed by atoms with van der Waals surface area (Å²) in [5.74, 6) is 0.576. The molecular formula is C71H58N2O2. The van der Waals surface area contributed by atoms with E-state index >= 15 is 0 Å². The molecule has 1 heterocycles. The van der Waals surface area contributed by atoms with Crippen LogP contribution in [0.2, 0.25) is 0 Å². The summed E-state index contributed by atoms with van der Waals surface area (Å²) in [5.41, 5.74) is 20.1. The van der Waals surface area contributed by atoms with Crippen LogP contribution in [0.1, 0.15) is 49.4 Å². The third kappa shape index (κ3) is 7.58. The maximum atomic E-state index is 12.8. The Morgan fingerprint density at radius 3 is 1.83 bits per heavy atom. The van der Waals surface area contributed by atoms with E-state index in [1.807, 2.05) is 6.07 Å². The number of nitrogens with zero attached hydrogens (tertiary/aromatic N) is 2. The van der Waals surface area contributed by atoms with Crippen LogP contribution in [0, 0.1) is 26.7 Å². The molecule has 12 aromatic rings. The van der Waals surface area contributed by atoms with E-state index in [-0.39, 0.29) is 5.75 Å². The maximum absolute atomic E-state index is 12.8. The van der Waals surface area contributed by atoms with E-state index < -0.39 is 0 Å². The van der Waals surface area contributed by atoms with Crippen LogP contribution < -0.4 is 9.80 Å². The molecule has 75 heavy (non-hydrogen) atoms. The van der Waals surface area contributed by atoms with Crippen molar-refractivity contribution in [2.75, 3.05) is 9.80 Å². The Morgan fingerprint density at radius 1 is 0.480 bits per heavy atom. The van der Waals surface area contributed by atoms with E-state index in [2.05, 4.69) is 252 Å². The fourth-order valence-corrected chi connectivity index (χ4v) is 12.1. The summed E-state index contributed by atoms with van der Waals surface area (Å²) in [6.45, 7) is 13.2. The fraction of sp³-hybridized carbons (Fsp3) is 0.127. The topological polar surface area (TPSA) is 39.9 Å². The Labute approximate surface area is 439 Å². The second-order valence-electron chi connectivity index (χ2n) is 20.7. The highest BCUT2D eigenvalue weighted by Crippen LogP contribution is 2.52. The summed E-state index contributed by atoms with van der Waals surface area (Å²) in [4.78, 5) is 4.75. The molecule has 364 valence electrons. The van der Waals surface area contributed by atoms with Gasteiger partial charge in [-0.1, -0.05) is 184 Å². The van der Waals surface area contributed by atoms with E-state index in [0.29, 0.717) is 11.6 Å². The monoisotopic (exact) mass is 970 g/mol. The number of hydrogen-bond donors (Lipinski definition) is 1. The van der Waals surface area contributed by atoms with Crippen molar-refractivity contribution in [2.45, 2.75) is 54.4 Å². The molecule has 1 aromatic heterocycles. The number of para-hydroxylation sites is 3. The van der Waals surface area contributed by atoms with Gasteiger partial charge in [0, 0.05) is 44.1 Å². The van der Waals surface area contributed by atoms with Gasteiger partial charge in [0.2, 0.25) is 0 Å². The van der Waals surface area contributed by atoms with Crippen molar-refractivity contribution in [3.63, 3.8) is 0 Å². The van der Waals surface area contributed by atoms with Crippen LogP contribution in [0.5, 0.6) is 5.75 Å². The first-order chi connectivity index (χ1) is 36.6. The molecule has 0 aliphatic heterocycles. The molecule has 1 atom stereocenters. The van der Waals surface area contributed by atoms with Crippen LogP contribution >= 0.6 is 0 Å². The van der Waals surface area contributed by atoms with Crippen molar-refractivity contribution in [1.29, 1.82) is 0 Å². The number of rotatable bonds is 10. The van der Waals surface area contributed by atoms with Gasteiger partial charge >= 0.3 is 0 Å². The zero-order valence-corrected chi connectivity index (χ0v) is 43.4. The first-order valence-corrected chi connectivity index (χ1v) is 26.4. The highest BCUT2D eigenvalue weighted by Gasteiger charge is 2.29. The summed E-state index contributed by atoms with van der Waals surface area (Å²) < 4.78 is 7.26. The highest BCUT2D eigenvalue weighted by molar-refractivity contribution is 6.28. The van der Waals surface area contributed by atoms with E-state index in [4.69, 9.17) is 4.42 Å². The lowest BCUT2D eigenvalue weighted by atomic mass is 9.90. The van der Waals surface area contributed by atoms with Crippen LogP contribution in [0.3, 0.4) is 0 Å². The third-order valence-corrected chi connectivity index (χ3v) is 15.9. The van der Waals surface area contributed by atoms with Gasteiger partial charge in [-0.25, -0.2) is 0 Å². The number of hydrogen-bond acceptors (Lipinski definition) is 4. The number of phenolic OH excluding ortho intramolecular Hbond substituents is 1. The molecule has 0 fully saturated rings. The van der Waals surface area contributed by atoms with Crippen molar-refractivity contribution in [1.82, 2.24) is 0 Å². The van der Waals surface area contributed by atoms with E-state index in [0.717, 1.165) is 113 Å². The van der Waals surface area contributed by atoms with Crippen LogP contribution in [0.15, 0.2) is 222 Å². The minimum absolute atomic E-state index is 0.226. The summed E-state index contributed by atoms with van der Waals surface area (Å²) in [6.07, 6.45) is 6.76. The lowest BCUT2D eigenvalue weighted by molar-refractivity contribution is 0.478. The van der Waals surface area contributed by atoms with Crippen molar-refractivity contribution >= 4 is 82.7 Å². The SMILES string of the molecule is CCc1ccccc1-c1cccc2c1oc1c(N(C3=CC(C)CC=C3C)c3ccc4ccc5c(N(c6cc(C)ccc6C)c6cccc(-c7cccc(-c8ccccc8C)c7)c6O)ccc6ccc3c4c65)cccc12. The quantitative estimate of drug-likeness (QED) is 0.139. The average Bonchev–Trinajstić information content (AvgIpc) is 3.85. The van der Waals surface area contributed by atoms with Gasteiger partial charge in [-0.3, -0.25) is 0 Å². The Balaban J connectivity index is 1.03. The average molecular weight is 971 g/mol. The first-order valence-electron chi connectivity index (χ1n) is 26.4. The van der Waals surface area contributed by atoms with Crippen LogP contribution in [0.4, 0.5) is 28.4 Å². The molecule has 1 N–H and O–H groups in total. The second-order valence-corrected chi connectivity index (χ2v) is 20.7. The molecule has 4 nitrogen and oxygen atoms in total. The maximum Gasteiger partial charge on any atom is 0.159 e. The number of aryl methyl sites for hydroxylation is 4. The van der Waals surface area contributed by atoms with Crippen molar-refractivity contribution in [2.24, 2.45) is 5.92 Å². The Kier molecular flexibility index (Phi) is 11.2. The van der Waals surface area contributed by atoms with Crippen molar-refractivity contribution < 1.29 is 9.52 Å². The molecule has 0 saturated heterocycles. The number of phenols is 1. The van der Waals surface area contributed by atoms with Gasteiger partial charge in [0.15, 0.2) is 5.58 Å². The van der Waals surface area contributed by atoms with Crippen LogP contribution in [-0.2, 0) is 6.42 Å². The molecule has 0 spiro atoms. The number of benzene rings is 11. The molecule has 0 bridgehead atoms. The molecule has 11 aromatic carbocycles. The molecular weight excluding hydrogens is 913 g/mol. The van der Waals surface area contributed by atoms with Gasteiger partial charge in [-0.2, -0.15) is 0 Å². The second kappa shape index (κ2) is 18.3. The summed E-state index contributed by atoms with van der Waals surface area (Å²) in [7, 11) is 0. The normalized spacial score (nSPS) is 13.8. The van der Waals surface area contributed by atoms with E-state index in [1.165, 1.54) is 44.0 Å². The van der Waals surface area contributed by atoms with Gasteiger partial charge in [-0.05, 0) is 154 Å². The van der Waals surface area contributed by atoms with Gasteiger partial charge in [0.25, 0.3) is 0 Å². The minimum Gasteiger partial charge on any atom is -0.505 e. The van der Waals surface area contributed by atoms with Gasteiger partial charge < -0.3 is 19.3 Å².